The van der Waals surface area contributed by atoms with Crippen molar-refractivity contribution < 1.29 is 32.8 Å². The number of hydrogen-bond acceptors (Lipinski definition) is 17. The fourth-order valence-electron chi connectivity index (χ4n) is 11.0. The van der Waals surface area contributed by atoms with E-state index < -0.39 is 29.4 Å². The second-order valence-corrected chi connectivity index (χ2v) is 21.4. The number of nitrogens with two attached hydrogens (primary N) is 1. The molecule has 1 saturated carbocycles. The van der Waals surface area contributed by atoms with E-state index in [0.717, 1.165) is 55.8 Å². The number of nitrogens with one attached hydrogen (secondary N) is 2. The van der Waals surface area contributed by atoms with Crippen molar-refractivity contribution in [3.05, 3.63) is 47.6 Å². The van der Waals surface area contributed by atoms with Gasteiger partial charge < -0.3 is 35.0 Å². The second kappa shape index (κ2) is 19.3. The molecule has 9 heterocycles. The Morgan fingerprint density at radius 3 is 2.26 bits per heavy atom. The van der Waals surface area contributed by atoms with Gasteiger partial charge in [-0.15, -0.1) is 0 Å². The Balaban J connectivity index is 0.689. The number of rotatable bonds is 11. The predicted octanol–water partition coefficient (Wildman–Crippen LogP) is 5.37. The minimum absolute atomic E-state index is 0.127. The number of piperazine rings is 1. The summed E-state index contributed by atoms with van der Waals surface area (Å²) in [5.41, 5.74) is 10.4. The minimum Gasteiger partial charge on any atom is -0.439 e. The molecule has 4 amide bonds. The molecule has 5 fully saturated rings. The van der Waals surface area contributed by atoms with Crippen LogP contribution in [0.4, 0.5) is 26.5 Å². The molecule has 4 saturated heterocycles. The lowest BCUT2D eigenvalue weighted by atomic mass is 9.78. The number of nitrogens with zero attached hydrogens (tertiary/aromatic N) is 12. The fraction of sp³-hybridized carbons (Fsp3) is 0.580. The zero-order valence-electron chi connectivity index (χ0n) is 41.9. The fourth-order valence-corrected chi connectivity index (χ4v) is 11.0. The number of piperidine rings is 3. The van der Waals surface area contributed by atoms with Gasteiger partial charge in [-0.25, -0.2) is 38.8 Å². The molecule has 21 nitrogen and oxygen atoms in total. The van der Waals surface area contributed by atoms with Crippen LogP contribution in [0.25, 0.3) is 33.8 Å². The Kier molecular flexibility index (Phi) is 13.1. The van der Waals surface area contributed by atoms with Crippen LogP contribution in [0.1, 0.15) is 115 Å². The number of likely N-dealkylation sites (tertiary alicyclic amines) is 2. The zero-order valence-corrected chi connectivity index (χ0v) is 41.9. The number of amides is 4. The largest absolute Gasteiger partial charge is 0.439 e. The molecule has 382 valence electrons. The molecule has 22 heteroatoms. The molecule has 1 unspecified atom stereocenters. The van der Waals surface area contributed by atoms with Crippen molar-refractivity contribution in [2.75, 3.05) is 74.9 Å². The van der Waals surface area contributed by atoms with Gasteiger partial charge in [-0.1, -0.05) is 5.16 Å². The monoisotopic (exact) mass is 990 g/mol. The lowest BCUT2D eigenvalue weighted by Gasteiger charge is -2.50. The van der Waals surface area contributed by atoms with Crippen LogP contribution in [-0.2, 0) is 24.7 Å². The van der Waals surface area contributed by atoms with Crippen molar-refractivity contribution in [1.29, 1.82) is 0 Å². The van der Waals surface area contributed by atoms with E-state index >= 15 is 4.39 Å². The van der Waals surface area contributed by atoms with Gasteiger partial charge in [0.05, 0.1) is 28.4 Å². The minimum atomic E-state index is -0.620. The molecule has 5 aromatic rings. The Morgan fingerprint density at radius 1 is 0.875 bits per heavy atom. The van der Waals surface area contributed by atoms with Gasteiger partial charge in [0.1, 0.15) is 29.6 Å². The van der Waals surface area contributed by atoms with Crippen molar-refractivity contribution in [2.24, 2.45) is 5.92 Å². The Morgan fingerprint density at radius 2 is 1.60 bits per heavy atom. The average molecular weight is 990 g/mol. The SMILES string of the molecule is Cc1nc(-c2c(-c3nn(C(C)(C)C)c4ncnc(N)c34)noc2C2CC2)ncc1C1CCN(C(=O)OCC(=O)N2CCC(C(C)(C)N3CCN(c4ncc(NC5CCC(=O)NC5=O)cc4F)CC3)CC2)CC1. The van der Waals surface area contributed by atoms with Crippen molar-refractivity contribution >= 4 is 52.2 Å². The van der Waals surface area contributed by atoms with Crippen LogP contribution in [0.2, 0.25) is 0 Å². The van der Waals surface area contributed by atoms with Gasteiger partial charge in [0.2, 0.25) is 11.8 Å². The first kappa shape index (κ1) is 48.8. The highest BCUT2D eigenvalue weighted by Crippen LogP contribution is 2.48. The zero-order chi connectivity index (χ0) is 50.6. The molecular formula is C50H64FN15O6. The molecule has 0 aromatic carbocycles. The molecule has 72 heavy (non-hydrogen) atoms. The highest BCUT2D eigenvalue weighted by atomic mass is 19.1. The van der Waals surface area contributed by atoms with Crippen molar-refractivity contribution in [3.8, 4) is 22.8 Å². The van der Waals surface area contributed by atoms with Gasteiger partial charge in [-0.3, -0.25) is 24.6 Å². The quantitative estimate of drug-likeness (QED) is 0.141. The van der Waals surface area contributed by atoms with E-state index in [0.29, 0.717) is 110 Å². The van der Waals surface area contributed by atoms with Crippen LogP contribution < -0.4 is 21.3 Å². The number of aromatic nitrogens is 8. The summed E-state index contributed by atoms with van der Waals surface area (Å²) < 4.78 is 28.8. The highest BCUT2D eigenvalue weighted by molar-refractivity contribution is 6.02. The first-order chi connectivity index (χ1) is 34.4. The topological polar surface area (TPSA) is 249 Å². The lowest BCUT2D eigenvalue weighted by molar-refractivity contribution is -0.137. The van der Waals surface area contributed by atoms with Gasteiger partial charge in [0.15, 0.2) is 35.5 Å². The van der Waals surface area contributed by atoms with Gasteiger partial charge in [0.25, 0.3) is 5.91 Å². The molecule has 1 aliphatic carbocycles. The summed E-state index contributed by atoms with van der Waals surface area (Å²) in [6, 6.07) is 0.728. The van der Waals surface area contributed by atoms with E-state index in [2.05, 4.69) is 49.5 Å². The number of nitrogen functional groups attached to an aromatic ring is 1. The Labute approximate surface area is 416 Å². The normalized spacial score (nSPS) is 20.0. The summed E-state index contributed by atoms with van der Waals surface area (Å²) in [4.78, 5) is 81.3. The molecule has 4 aliphatic heterocycles. The summed E-state index contributed by atoms with van der Waals surface area (Å²) in [6.07, 6.45) is 9.89. The molecule has 5 aromatic heterocycles. The van der Waals surface area contributed by atoms with Crippen LogP contribution in [0, 0.1) is 18.7 Å². The maximum Gasteiger partial charge on any atom is 0.410 e. The Hall–Kier alpha value is -6.84. The average Bonchev–Trinajstić information content (AvgIpc) is 3.98. The van der Waals surface area contributed by atoms with E-state index in [4.69, 9.17) is 30.1 Å². The van der Waals surface area contributed by atoms with E-state index in [-0.39, 0.29) is 48.0 Å². The number of carbonyl (C=O) groups excluding carboxylic acids is 4. The summed E-state index contributed by atoms with van der Waals surface area (Å²) in [6.45, 7) is 17.0. The van der Waals surface area contributed by atoms with Gasteiger partial charge in [-0.05, 0) is 104 Å². The van der Waals surface area contributed by atoms with Crippen molar-refractivity contribution in [2.45, 2.75) is 122 Å². The predicted molar refractivity (Wildman–Crippen MR) is 264 cm³/mol. The number of anilines is 3. The number of hydrogen-bond donors (Lipinski definition) is 3. The second-order valence-electron chi connectivity index (χ2n) is 21.4. The number of imide groups is 1. The van der Waals surface area contributed by atoms with E-state index in [1.165, 1.54) is 18.6 Å². The molecule has 10 rings (SSSR count). The van der Waals surface area contributed by atoms with Crippen molar-refractivity contribution in [3.63, 3.8) is 0 Å². The number of pyridine rings is 1. The van der Waals surface area contributed by atoms with E-state index in [9.17, 15) is 19.2 Å². The van der Waals surface area contributed by atoms with Crippen LogP contribution in [-0.4, -0.2) is 149 Å². The van der Waals surface area contributed by atoms with Crippen LogP contribution in [0.5, 0.6) is 0 Å². The number of aryl methyl sites for hydroxylation is 1. The van der Waals surface area contributed by atoms with Crippen LogP contribution in [0.3, 0.4) is 0 Å². The van der Waals surface area contributed by atoms with E-state index in [1.54, 1.807) is 9.80 Å². The van der Waals surface area contributed by atoms with Gasteiger partial charge in [-0.2, -0.15) is 5.10 Å². The number of ether oxygens (including phenoxy) is 1. The molecule has 0 radical (unpaired) electrons. The molecular weight excluding hydrogens is 926 g/mol. The third-order valence-corrected chi connectivity index (χ3v) is 15.4. The molecule has 5 aliphatic rings. The standard InChI is InChI=1S/C50H64FN15O6/c1-28-33(25-53-44(57-28)38-41(61-72-42(38)30-7-8-30)40-39-43(52)55-27-56-46(39)66(60-40)49(2,3)4)29-11-15-64(16-12-29)48(70)71-26-37(68)62-17-13-31(14-18-62)50(5,6)65-21-19-63(20-22-65)45-34(51)23-32(24-54-45)58-35-9-10-36(67)59-47(35)69/h23-25,27,29-31,35,58H,7-22,26H2,1-6H3,(H2,52,55,56)(H,59,67,69). The Bertz CT molecular complexity index is 2890. The third kappa shape index (κ3) is 9.63. The molecule has 0 bridgehead atoms. The summed E-state index contributed by atoms with van der Waals surface area (Å²) >= 11 is 0. The maximum absolute atomic E-state index is 15.3. The first-order valence-electron chi connectivity index (χ1n) is 25.2. The lowest BCUT2D eigenvalue weighted by Crippen LogP contribution is -2.59. The first-order valence-corrected chi connectivity index (χ1v) is 25.2. The molecule has 0 spiro atoms. The summed E-state index contributed by atoms with van der Waals surface area (Å²) in [5, 5.41) is 15.4. The summed E-state index contributed by atoms with van der Waals surface area (Å²) in [5.74, 6) is 1.06. The highest BCUT2D eigenvalue weighted by Gasteiger charge is 2.41. The van der Waals surface area contributed by atoms with Crippen LogP contribution in [0.15, 0.2) is 29.3 Å². The molecule has 4 N–H and O–H groups in total. The smallest absolute Gasteiger partial charge is 0.410 e. The van der Waals surface area contributed by atoms with Gasteiger partial charge in [0, 0.05) is 88.2 Å². The van der Waals surface area contributed by atoms with Gasteiger partial charge >= 0.3 is 6.09 Å². The molecule has 1 atom stereocenters. The summed E-state index contributed by atoms with van der Waals surface area (Å²) in [7, 11) is 0. The number of fused-ring (bicyclic) bond motifs is 1. The number of halogens is 1. The number of carbonyl (C=O) groups is 4. The van der Waals surface area contributed by atoms with Crippen LogP contribution >= 0.6 is 0 Å². The maximum atomic E-state index is 15.3. The third-order valence-electron chi connectivity index (χ3n) is 15.4. The van der Waals surface area contributed by atoms with Crippen molar-refractivity contribution in [1.82, 2.24) is 59.9 Å². The van der Waals surface area contributed by atoms with E-state index in [1.807, 2.05) is 43.5 Å².